The lowest BCUT2D eigenvalue weighted by molar-refractivity contribution is -0.131. The van der Waals surface area contributed by atoms with Gasteiger partial charge in [0, 0.05) is 12.7 Å². The topological polar surface area (TPSA) is 80.8 Å². The fourth-order valence-electron chi connectivity index (χ4n) is 3.74. The maximum Gasteiger partial charge on any atom is 0.249 e. The molecule has 1 aliphatic heterocycles. The van der Waals surface area contributed by atoms with Crippen LogP contribution >= 0.6 is 11.6 Å². The van der Waals surface area contributed by atoms with Gasteiger partial charge in [0.1, 0.15) is 24.0 Å². The van der Waals surface area contributed by atoms with E-state index in [4.69, 9.17) is 20.8 Å². The summed E-state index contributed by atoms with van der Waals surface area (Å²) >= 11 is 5.95. The second-order valence-electron chi connectivity index (χ2n) is 10.8. The van der Waals surface area contributed by atoms with Crippen molar-refractivity contribution < 1.29 is 23.1 Å². The molecule has 0 bridgehead atoms. The van der Waals surface area contributed by atoms with E-state index in [1.165, 1.54) is 17.0 Å². The number of fused-ring (bicyclic) bond motifs is 1. The van der Waals surface area contributed by atoms with E-state index in [0.29, 0.717) is 25.3 Å². The molecule has 2 heterocycles. The van der Waals surface area contributed by atoms with Crippen LogP contribution in [0.5, 0.6) is 5.88 Å². The van der Waals surface area contributed by atoms with Crippen molar-refractivity contribution in [3.05, 3.63) is 53.5 Å². The first-order valence-electron chi connectivity index (χ1n) is 12.0. The first-order valence-corrected chi connectivity index (χ1v) is 15.4. The van der Waals surface area contributed by atoms with Crippen molar-refractivity contribution in [2.24, 2.45) is 0 Å². The van der Waals surface area contributed by atoms with Crippen LogP contribution in [0.2, 0.25) is 18.1 Å². The zero-order valence-corrected chi connectivity index (χ0v) is 23.5. The minimum atomic E-state index is -1.95. The van der Waals surface area contributed by atoms with Crippen LogP contribution in [0.3, 0.4) is 0 Å². The maximum atomic E-state index is 13.4. The fraction of sp³-hybridized carbons (Fsp3) is 0.500. The average molecular weight is 536 g/mol. The highest BCUT2D eigenvalue weighted by molar-refractivity contribution is 6.74. The van der Waals surface area contributed by atoms with Gasteiger partial charge in [-0.05, 0) is 60.8 Å². The molecular weight excluding hydrogens is 501 g/mol. The number of rotatable bonds is 8. The standard InChI is InChI=1S/C26H35ClFN3O4Si/c1-25(2,3)36(5,6)35-12-11-29-24(33)26(4)17-34-23-21(31(26)22(32)15-27)14-19(16-30-23)13-18-7-9-20(28)10-8-18/h7-10,14,16H,11-13,15,17H2,1-6H3,(H,29,33)/t26-/m0/s1. The summed E-state index contributed by atoms with van der Waals surface area (Å²) in [6.45, 7) is 13.0. The molecule has 196 valence electrons. The van der Waals surface area contributed by atoms with Gasteiger partial charge in [-0.2, -0.15) is 0 Å². The molecule has 2 amide bonds. The van der Waals surface area contributed by atoms with Crippen molar-refractivity contribution in [2.75, 3.05) is 30.5 Å². The van der Waals surface area contributed by atoms with Crippen LogP contribution in [0, 0.1) is 5.82 Å². The summed E-state index contributed by atoms with van der Waals surface area (Å²) in [5.74, 6) is -1.17. The number of pyridine rings is 1. The number of nitrogens with zero attached hydrogens (tertiary/aromatic N) is 2. The Balaban J connectivity index is 1.79. The van der Waals surface area contributed by atoms with E-state index in [9.17, 15) is 14.0 Å². The molecule has 36 heavy (non-hydrogen) atoms. The van der Waals surface area contributed by atoms with Crippen molar-refractivity contribution in [1.82, 2.24) is 10.3 Å². The van der Waals surface area contributed by atoms with Crippen LogP contribution in [0.15, 0.2) is 36.5 Å². The Hall–Kier alpha value is -2.49. The van der Waals surface area contributed by atoms with E-state index in [1.807, 2.05) is 0 Å². The highest BCUT2D eigenvalue weighted by Crippen LogP contribution is 2.38. The third-order valence-electron chi connectivity index (χ3n) is 6.94. The number of carbonyl (C=O) groups excluding carboxylic acids is 2. The summed E-state index contributed by atoms with van der Waals surface area (Å²) in [5, 5.41) is 2.96. The molecule has 2 aromatic rings. The molecule has 0 spiro atoms. The van der Waals surface area contributed by atoms with Crippen LogP contribution in [0.25, 0.3) is 0 Å². The number of halogens is 2. The fourth-order valence-corrected chi connectivity index (χ4v) is 4.91. The van der Waals surface area contributed by atoms with Gasteiger partial charge < -0.3 is 14.5 Å². The van der Waals surface area contributed by atoms with Gasteiger partial charge >= 0.3 is 0 Å². The van der Waals surface area contributed by atoms with Gasteiger partial charge in [0.05, 0.1) is 6.61 Å². The van der Waals surface area contributed by atoms with Crippen molar-refractivity contribution in [3.63, 3.8) is 0 Å². The van der Waals surface area contributed by atoms with Gasteiger partial charge in [0.25, 0.3) is 0 Å². The summed E-state index contributed by atoms with van der Waals surface area (Å²) in [6.07, 6.45) is 2.11. The summed E-state index contributed by atoms with van der Waals surface area (Å²) in [7, 11) is -1.95. The Morgan fingerprint density at radius 2 is 1.92 bits per heavy atom. The highest BCUT2D eigenvalue weighted by Gasteiger charge is 2.48. The van der Waals surface area contributed by atoms with Crippen molar-refractivity contribution in [1.29, 1.82) is 0 Å². The van der Waals surface area contributed by atoms with E-state index in [2.05, 4.69) is 44.2 Å². The smallest absolute Gasteiger partial charge is 0.249 e. The van der Waals surface area contributed by atoms with Gasteiger partial charge in [-0.3, -0.25) is 14.5 Å². The molecule has 1 aromatic carbocycles. The number of carbonyl (C=O) groups is 2. The number of alkyl halides is 1. The molecule has 0 aliphatic carbocycles. The normalized spacial score (nSPS) is 17.8. The van der Waals surface area contributed by atoms with Crippen LogP contribution < -0.4 is 15.0 Å². The SMILES string of the molecule is CC(C)(C)[Si](C)(C)OCCNC(=O)[C@]1(C)COc2ncc(Cc3ccc(F)cc3)cc2N1C(=O)CCl. The van der Waals surface area contributed by atoms with Crippen LogP contribution in [0.1, 0.15) is 38.8 Å². The van der Waals surface area contributed by atoms with Gasteiger partial charge in [0.2, 0.25) is 17.7 Å². The molecule has 0 fully saturated rings. The van der Waals surface area contributed by atoms with Gasteiger partial charge in [-0.25, -0.2) is 9.37 Å². The molecule has 0 saturated carbocycles. The van der Waals surface area contributed by atoms with Crippen molar-refractivity contribution >= 4 is 37.4 Å². The maximum absolute atomic E-state index is 13.4. The lowest BCUT2D eigenvalue weighted by Crippen LogP contribution is -2.65. The van der Waals surface area contributed by atoms with Gasteiger partial charge in [-0.1, -0.05) is 32.9 Å². The first kappa shape index (κ1) is 28.1. The Bertz CT molecular complexity index is 1110. The predicted molar refractivity (Wildman–Crippen MR) is 142 cm³/mol. The number of anilines is 1. The molecular formula is C26H35ClFN3O4Si. The number of nitrogens with one attached hydrogen (secondary N) is 1. The number of hydrogen-bond donors (Lipinski definition) is 1. The summed E-state index contributed by atoms with van der Waals surface area (Å²) < 4.78 is 25.3. The first-order chi connectivity index (χ1) is 16.8. The zero-order valence-electron chi connectivity index (χ0n) is 21.8. The molecule has 0 saturated heterocycles. The molecule has 3 rings (SSSR count). The third-order valence-corrected chi connectivity index (χ3v) is 11.7. The number of amides is 2. The molecule has 7 nitrogen and oxygen atoms in total. The summed E-state index contributed by atoms with van der Waals surface area (Å²) in [4.78, 5) is 32.1. The van der Waals surface area contributed by atoms with Gasteiger partial charge in [0.15, 0.2) is 13.9 Å². The van der Waals surface area contributed by atoms with E-state index >= 15 is 0 Å². The predicted octanol–water partition coefficient (Wildman–Crippen LogP) is 4.67. The minimum absolute atomic E-state index is 0.0616. The zero-order chi connectivity index (χ0) is 26.7. The minimum Gasteiger partial charge on any atom is -0.473 e. The number of ether oxygens (including phenoxy) is 1. The Kier molecular flexibility index (Phi) is 8.47. The molecule has 10 heteroatoms. The Morgan fingerprint density at radius 1 is 1.25 bits per heavy atom. The summed E-state index contributed by atoms with van der Waals surface area (Å²) in [6, 6.07) is 7.93. The number of aromatic nitrogens is 1. The Labute approximate surface area is 218 Å². The molecule has 1 aromatic heterocycles. The van der Waals surface area contributed by atoms with Crippen molar-refractivity contribution in [2.45, 2.75) is 57.8 Å². The van der Waals surface area contributed by atoms with E-state index in [1.54, 1.807) is 31.3 Å². The molecule has 0 radical (unpaired) electrons. The van der Waals surface area contributed by atoms with Crippen LogP contribution in [0.4, 0.5) is 10.1 Å². The summed E-state index contributed by atoms with van der Waals surface area (Å²) in [5.41, 5.74) is 0.712. The molecule has 1 aliphatic rings. The number of benzene rings is 1. The second kappa shape index (κ2) is 10.9. The lowest BCUT2D eigenvalue weighted by Gasteiger charge is -2.43. The quantitative estimate of drug-likeness (QED) is 0.302. The molecule has 1 N–H and O–H groups in total. The van der Waals surface area contributed by atoms with E-state index in [0.717, 1.165) is 11.1 Å². The largest absolute Gasteiger partial charge is 0.473 e. The van der Waals surface area contributed by atoms with Crippen LogP contribution in [-0.2, 0) is 20.4 Å². The molecule has 1 atom stereocenters. The lowest BCUT2D eigenvalue weighted by atomic mass is 9.96. The monoisotopic (exact) mass is 535 g/mol. The van der Waals surface area contributed by atoms with E-state index in [-0.39, 0.29) is 35.1 Å². The number of hydrogen-bond acceptors (Lipinski definition) is 5. The Morgan fingerprint density at radius 3 is 2.53 bits per heavy atom. The average Bonchev–Trinajstić information content (AvgIpc) is 2.81. The van der Waals surface area contributed by atoms with Crippen LogP contribution in [-0.4, -0.2) is 56.3 Å². The highest BCUT2D eigenvalue weighted by atomic mass is 35.5. The van der Waals surface area contributed by atoms with Gasteiger partial charge in [-0.15, -0.1) is 11.6 Å². The van der Waals surface area contributed by atoms with E-state index < -0.39 is 19.8 Å². The van der Waals surface area contributed by atoms with Crippen molar-refractivity contribution in [3.8, 4) is 5.88 Å². The second-order valence-corrected chi connectivity index (χ2v) is 15.8. The third kappa shape index (κ3) is 6.07. The molecule has 0 unspecified atom stereocenters.